The van der Waals surface area contributed by atoms with E-state index in [1.165, 1.54) is 0 Å². The molecule has 1 aliphatic heterocycles. The third-order valence-corrected chi connectivity index (χ3v) is 4.72. The number of carbonyl (C=O) groups excluding carboxylic acids is 2. The van der Waals surface area contributed by atoms with Gasteiger partial charge in [-0.15, -0.1) is 0 Å². The molecule has 1 N–H and O–H groups in total. The van der Waals surface area contributed by atoms with Crippen LogP contribution in [0.15, 0.2) is 41.0 Å². The van der Waals surface area contributed by atoms with Crippen LogP contribution in [0, 0.1) is 0 Å². The van der Waals surface area contributed by atoms with Crippen LogP contribution in [-0.4, -0.2) is 44.8 Å². The number of ether oxygens (including phenoxy) is 3. The summed E-state index contributed by atoms with van der Waals surface area (Å²) in [6.07, 6.45) is 7.39. The first kappa shape index (κ1) is 21.1. The Labute approximate surface area is 170 Å². The molecule has 29 heavy (non-hydrogen) atoms. The normalized spacial score (nSPS) is 17.2. The predicted octanol–water partition coefficient (Wildman–Crippen LogP) is 3.33. The van der Waals surface area contributed by atoms with Crippen LogP contribution in [0.5, 0.6) is 5.75 Å². The third-order valence-electron chi connectivity index (χ3n) is 4.72. The quantitative estimate of drug-likeness (QED) is 0.353. The Morgan fingerprint density at radius 2 is 1.93 bits per heavy atom. The largest absolute Gasteiger partial charge is 0.491 e. The number of hydrogen-bond acceptors (Lipinski definition) is 6. The van der Waals surface area contributed by atoms with Crippen LogP contribution in [0.4, 0.5) is 0 Å². The minimum atomic E-state index is -0.389. The second-order valence-electron chi connectivity index (χ2n) is 6.78. The summed E-state index contributed by atoms with van der Waals surface area (Å²) in [7, 11) is 0. The molecule has 0 aliphatic carbocycles. The van der Waals surface area contributed by atoms with Crippen molar-refractivity contribution in [2.24, 2.45) is 0 Å². The van der Waals surface area contributed by atoms with Crippen molar-refractivity contribution in [1.29, 1.82) is 0 Å². The zero-order valence-corrected chi connectivity index (χ0v) is 16.6. The minimum Gasteiger partial charge on any atom is -0.491 e. The molecular weight excluding hydrogens is 374 g/mol. The maximum atomic E-state index is 12.2. The van der Waals surface area contributed by atoms with Gasteiger partial charge in [0.2, 0.25) is 11.8 Å². The summed E-state index contributed by atoms with van der Waals surface area (Å²) < 4.78 is 22.3. The van der Waals surface area contributed by atoms with E-state index >= 15 is 0 Å². The molecule has 0 saturated carbocycles. The minimum absolute atomic E-state index is 0.230. The van der Waals surface area contributed by atoms with Crippen LogP contribution < -0.4 is 10.1 Å². The van der Waals surface area contributed by atoms with Crippen LogP contribution in [-0.2, 0) is 19.1 Å². The van der Waals surface area contributed by atoms with Crippen molar-refractivity contribution >= 4 is 22.8 Å². The summed E-state index contributed by atoms with van der Waals surface area (Å²) in [5.41, 5.74) is 1.46. The predicted molar refractivity (Wildman–Crippen MR) is 108 cm³/mol. The molecule has 0 bridgehead atoms. The maximum Gasteiger partial charge on any atom is 0.234 e. The van der Waals surface area contributed by atoms with E-state index in [1.807, 2.05) is 31.2 Å². The van der Waals surface area contributed by atoms with Crippen molar-refractivity contribution in [2.75, 3.05) is 33.0 Å². The molecule has 1 aromatic carbocycles. The molecule has 2 aromatic rings. The Hall–Kier alpha value is -2.64. The summed E-state index contributed by atoms with van der Waals surface area (Å²) in [6.45, 7) is 4.65. The van der Waals surface area contributed by atoms with Gasteiger partial charge in [0.05, 0.1) is 38.6 Å². The number of piperidine rings is 1. The van der Waals surface area contributed by atoms with E-state index in [-0.39, 0.29) is 17.7 Å². The van der Waals surface area contributed by atoms with Gasteiger partial charge in [-0.2, -0.15) is 0 Å². The van der Waals surface area contributed by atoms with E-state index in [0.717, 1.165) is 17.4 Å². The van der Waals surface area contributed by atoms with Crippen LogP contribution in [0.3, 0.4) is 0 Å². The molecule has 156 valence electrons. The highest BCUT2D eigenvalue weighted by molar-refractivity contribution is 6.02. The number of benzene rings is 1. The monoisotopic (exact) mass is 401 g/mol. The van der Waals surface area contributed by atoms with E-state index in [4.69, 9.17) is 18.6 Å². The third kappa shape index (κ3) is 5.92. The van der Waals surface area contributed by atoms with Crippen LogP contribution >= 0.6 is 0 Å². The van der Waals surface area contributed by atoms with E-state index in [2.05, 4.69) is 11.4 Å². The average molecular weight is 401 g/mol. The number of furan rings is 1. The molecular formula is C22H27NO6. The summed E-state index contributed by atoms with van der Waals surface area (Å²) in [5, 5.41) is 3.22. The van der Waals surface area contributed by atoms with E-state index in [9.17, 15) is 9.59 Å². The number of hydrogen-bond donors (Lipinski definition) is 1. The SMILES string of the molecule is C/C=C\CCOCCOCCOc1ccc2occ(C3CCC(=O)NC3=O)c2c1. The van der Waals surface area contributed by atoms with Crippen molar-refractivity contribution in [2.45, 2.75) is 32.1 Å². The Bertz CT molecular complexity index is 856. The first-order valence-electron chi connectivity index (χ1n) is 9.93. The lowest BCUT2D eigenvalue weighted by Gasteiger charge is -2.19. The van der Waals surface area contributed by atoms with Gasteiger partial charge in [0, 0.05) is 17.4 Å². The van der Waals surface area contributed by atoms with Gasteiger partial charge in [-0.05, 0) is 38.0 Å². The number of fused-ring (bicyclic) bond motifs is 1. The second kappa shape index (κ2) is 10.8. The van der Waals surface area contributed by atoms with E-state index in [0.29, 0.717) is 57.2 Å². The summed E-state index contributed by atoms with van der Waals surface area (Å²) >= 11 is 0. The van der Waals surface area contributed by atoms with E-state index < -0.39 is 0 Å². The van der Waals surface area contributed by atoms with Crippen molar-refractivity contribution in [1.82, 2.24) is 5.32 Å². The van der Waals surface area contributed by atoms with Gasteiger partial charge < -0.3 is 18.6 Å². The van der Waals surface area contributed by atoms with E-state index in [1.54, 1.807) is 6.26 Å². The molecule has 7 heteroatoms. The summed E-state index contributed by atoms with van der Waals surface area (Å²) in [5.74, 6) is -0.220. The lowest BCUT2D eigenvalue weighted by molar-refractivity contribution is -0.134. The fourth-order valence-corrected chi connectivity index (χ4v) is 3.24. The molecule has 1 fully saturated rings. The Morgan fingerprint density at radius 1 is 1.14 bits per heavy atom. The Morgan fingerprint density at radius 3 is 2.72 bits per heavy atom. The summed E-state index contributed by atoms with van der Waals surface area (Å²) in [4.78, 5) is 23.5. The highest BCUT2D eigenvalue weighted by atomic mass is 16.5. The van der Waals surface area contributed by atoms with Gasteiger partial charge in [0.15, 0.2) is 0 Å². The number of rotatable bonds is 11. The molecule has 3 rings (SSSR count). The zero-order valence-electron chi connectivity index (χ0n) is 16.6. The first-order chi connectivity index (χ1) is 14.2. The number of nitrogens with one attached hydrogen (secondary N) is 1. The first-order valence-corrected chi connectivity index (χ1v) is 9.93. The fourth-order valence-electron chi connectivity index (χ4n) is 3.24. The average Bonchev–Trinajstić information content (AvgIpc) is 3.12. The van der Waals surface area contributed by atoms with Gasteiger partial charge in [0.1, 0.15) is 17.9 Å². The number of amides is 2. The lowest BCUT2D eigenvalue weighted by atomic mass is 9.90. The van der Waals surface area contributed by atoms with Gasteiger partial charge in [0.25, 0.3) is 0 Å². The van der Waals surface area contributed by atoms with Gasteiger partial charge in [-0.25, -0.2) is 0 Å². The van der Waals surface area contributed by atoms with Gasteiger partial charge in [-0.1, -0.05) is 12.2 Å². The fraction of sp³-hybridized carbons (Fsp3) is 0.455. The second-order valence-corrected chi connectivity index (χ2v) is 6.78. The molecule has 1 saturated heterocycles. The van der Waals surface area contributed by atoms with Gasteiger partial charge in [-0.3, -0.25) is 14.9 Å². The maximum absolute atomic E-state index is 12.2. The highest BCUT2D eigenvalue weighted by Crippen LogP contribution is 2.34. The number of imide groups is 1. The molecule has 0 spiro atoms. The van der Waals surface area contributed by atoms with Crippen LogP contribution in [0.2, 0.25) is 0 Å². The van der Waals surface area contributed by atoms with Crippen molar-refractivity contribution in [3.8, 4) is 5.75 Å². The Balaban J connectivity index is 1.46. The van der Waals surface area contributed by atoms with Crippen LogP contribution in [0.1, 0.15) is 37.7 Å². The van der Waals surface area contributed by atoms with Crippen molar-refractivity contribution in [3.05, 3.63) is 42.2 Å². The molecule has 0 radical (unpaired) electrons. The molecule has 1 atom stereocenters. The molecule has 7 nitrogen and oxygen atoms in total. The zero-order chi connectivity index (χ0) is 20.5. The van der Waals surface area contributed by atoms with Crippen molar-refractivity contribution in [3.63, 3.8) is 0 Å². The summed E-state index contributed by atoms with van der Waals surface area (Å²) in [6, 6.07) is 5.51. The molecule has 2 heterocycles. The Kier molecular flexibility index (Phi) is 7.84. The smallest absolute Gasteiger partial charge is 0.234 e. The van der Waals surface area contributed by atoms with Crippen molar-refractivity contribution < 1.29 is 28.2 Å². The van der Waals surface area contributed by atoms with Crippen LogP contribution in [0.25, 0.3) is 11.0 Å². The highest BCUT2D eigenvalue weighted by Gasteiger charge is 2.30. The number of allylic oxidation sites excluding steroid dienone is 1. The number of carbonyl (C=O) groups is 2. The van der Waals surface area contributed by atoms with Gasteiger partial charge >= 0.3 is 0 Å². The lowest BCUT2D eigenvalue weighted by Crippen LogP contribution is -2.39. The standard InChI is InChI=1S/C22H27NO6/c1-2-3-4-9-26-10-11-27-12-13-28-16-5-7-20-18(14-16)19(15-29-20)17-6-8-21(24)23-22(17)25/h2-3,5,7,14-15,17H,4,6,8-13H2,1H3,(H,23,24,25)/b3-2-. The molecule has 1 aliphatic rings. The molecule has 1 aromatic heterocycles. The topological polar surface area (TPSA) is 87.0 Å². The molecule has 2 amide bonds. The molecule has 1 unspecified atom stereocenters.